The molecule has 0 amide bonds. The van der Waals surface area contributed by atoms with Crippen LogP contribution in [0.3, 0.4) is 0 Å². The number of halogens is 2. The molecular weight excluding hydrogens is 281 g/mol. The lowest BCUT2D eigenvalue weighted by Gasteiger charge is -2.01. The van der Waals surface area contributed by atoms with Crippen LogP contribution in [-0.4, -0.2) is 15.0 Å². The van der Waals surface area contributed by atoms with Gasteiger partial charge in [0.2, 0.25) is 0 Å². The number of aromatic nitrogens is 3. The maximum atomic E-state index is 11.3. The van der Waals surface area contributed by atoms with Gasteiger partial charge in [0, 0.05) is 12.4 Å². The molecule has 4 nitrogen and oxygen atoms in total. The zero-order valence-electron chi connectivity index (χ0n) is 7.37. The predicted molar refractivity (Wildman–Crippen MR) is 60.8 cm³/mol. The van der Waals surface area contributed by atoms with Crippen molar-refractivity contribution in [2.24, 2.45) is 0 Å². The number of hydrogen-bond donors (Lipinski definition) is 1. The van der Waals surface area contributed by atoms with Gasteiger partial charge in [0.25, 0.3) is 5.56 Å². The van der Waals surface area contributed by atoms with Crippen molar-refractivity contribution in [3.8, 4) is 11.5 Å². The van der Waals surface area contributed by atoms with Gasteiger partial charge in [0.1, 0.15) is 10.2 Å². The van der Waals surface area contributed by atoms with Gasteiger partial charge in [-0.3, -0.25) is 9.78 Å². The molecule has 2 aromatic heterocycles. The molecule has 0 aliphatic heterocycles. The maximum absolute atomic E-state index is 11.3. The van der Waals surface area contributed by atoms with Crippen LogP contribution < -0.4 is 5.56 Å². The number of nitrogens with zero attached hydrogens (tertiary/aromatic N) is 2. The van der Waals surface area contributed by atoms with Crippen LogP contribution in [0.25, 0.3) is 11.5 Å². The Bertz CT molecular complexity index is 555. The van der Waals surface area contributed by atoms with Crippen molar-refractivity contribution < 1.29 is 0 Å². The molecule has 76 valence electrons. The largest absolute Gasteiger partial charge is 0.304 e. The Morgan fingerprint density at radius 3 is 2.87 bits per heavy atom. The highest BCUT2D eigenvalue weighted by molar-refractivity contribution is 9.10. The van der Waals surface area contributed by atoms with Crippen LogP contribution in [0.2, 0.25) is 5.02 Å². The number of hydrogen-bond acceptors (Lipinski definition) is 3. The summed E-state index contributed by atoms with van der Waals surface area (Å²) in [5, 5.41) is 0.447. The van der Waals surface area contributed by atoms with Gasteiger partial charge in [-0.15, -0.1) is 0 Å². The molecule has 0 spiro atoms. The Hall–Kier alpha value is -1.20. The van der Waals surface area contributed by atoms with E-state index in [1.54, 1.807) is 18.3 Å². The number of nitrogens with one attached hydrogen (secondary N) is 1. The third-order valence-corrected chi connectivity index (χ3v) is 2.61. The minimum absolute atomic E-state index is 0.262. The molecule has 0 aromatic carbocycles. The van der Waals surface area contributed by atoms with E-state index < -0.39 is 0 Å². The molecule has 6 heteroatoms. The van der Waals surface area contributed by atoms with E-state index in [9.17, 15) is 4.79 Å². The van der Waals surface area contributed by atoms with Crippen LogP contribution in [0.5, 0.6) is 0 Å². The van der Waals surface area contributed by atoms with Crippen molar-refractivity contribution >= 4 is 27.5 Å². The molecule has 0 saturated carbocycles. The first-order valence-corrected chi connectivity index (χ1v) is 5.21. The van der Waals surface area contributed by atoms with Crippen molar-refractivity contribution in [2.45, 2.75) is 0 Å². The SMILES string of the molecule is O=c1[nH]c(-c2ncccc2Cl)ncc1Br. The van der Waals surface area contributed by atoms with E-state index in [1.807, 2.05) is 0 Å². The average molecular weight is 287 g/mol. The average Bonchev–Trinajstić information content (AvgIpc) is 2.23. The molecule has 0 unspecified atom stereocenters. The maximum Gasteiger partial charge on any atom is 0.265 e. The van der Waals surface area contributed by atoms with E-state index in [2.05, 4.69) is 30.9 Å². The van der Waals surface area contributed by atoms with Gasteiger partial charge in [0.15, 0.2) is 5.82 Å². The second-order valence-corrected chi connectivity index (χ2v) is 4.00. The first-order valence-electron chi connectivity index (χ1n) is 4.04. The van der Waals surface area contributed by atoms with Crippen molar-refractivity contribution in [1.29, 1.82) is 0 Å². The molecule has 1 N–H and O–H groups in total. The van der Waals surface area contributed by atoms with E-state index in [4.69, 9.17) is 11.6 Å². The van der Waals surface area contributed by atoms with Crippen LogP contribution >= 0.6 is 27.5 Å². The third kappa shape index (κ3) is 2.08. The molecule has 0 atom stereocenters. The smallest absolute Gasteiger partial charge is 0.265 e. The minimum atomic E-state index is -0.262. The summed E-state index contributed by atoms with van der Waals surface area (Å²) in [4.78, 5) is 21.9. The zero-order valence-corrected chi connectivity index (χ0v) is 9.71. The van der Waals surface area contributed by atoms with Crippen LogP contribution in [0, 0.1) is 0 Å². The highest BCUT2D eigenvalue weighted by Gasteiger charge is 2.07. The summed E-state index contributed by atoms with van der Waals surface area (Å²) in [6, 6.07) is 3.40. The Labute approximate surface area is 98.5 Å². The van der Waals surface area contributed by atoms with Crippen molar-refractivity contribution in [1.82, 2.24) is 15.0 Å². The van der Waals surface area contributed by atoms with Crippen molar-refractivity contribution in [2.75, 3.05) is 0 Å². The summed E-state index contributed by atoms with van der Waals surface area (Å²) >= 11 is 8.98. The van der Waals surface area contributed by atoms with Crippen molar-refractivity contribution in [3.63, 3.8) is 0 Å². The second kappa shape index (κ2) is 4.12. The Morgan fingerprint density at radius 2 is 2.20 bits per heavy atom. The van der Waals surface area contributed by atoms with E-state index >= 15 is 0 Å². The molecule has 0 fully saturated rings. The van der Waals surface area contributed by atoms with Gasteiger partial charge in [-0.1, -0.05) is 11.6 Å². The molecule has 15 heavy (non-hydrogen) atoms. The lowest BCUT2D eigenvalue weighted by Crippen LogP contribution is -2.09. The molecule has 2 aromatic rings. The lowest BCUT2D eigenvalue weighted by molar-refractivity contribution is 1.09. The zero-order chi connectivity index (χ0) is 10.8. The topological polar surface area (TPSA) is 58.6 Å². The highest BCUT2D eigenvalue weighted by atomic mass is 79.9. The monoisotopic (exact) mass is 285 g/mol. The predicted octanol–water partition coefficient (Wildman–Crippen LogP) is 2.25. The standard InChI is InChI=1S/C9H5BrClN3O/c10-5-4-13-8(14-9(5)15)7-6(11)2-1-3-12-7/h1-4H,(H,13,14,15). The van der Waals surface area contributed by atoms with Crippen molar-refractivity contribution in [3.05, 3.63) is 44.4 Å². The highest BCUT2D eigenvalue weighted by Crippen LogP contribution is 2.20. The van der Waals surface area contributed by atoms with E-state index in [0.29, 0.717) is 21.0 Å². The van der Waals surface area contributed by atoms with Crippen LogP contribution in [0.15, 0.2) is 33.8 Å². The lowest BCUT2D eigenvalue weighted by atomic mass is 10.3. The quantitative estimate of drug-likeness (QED) is 0.874. The van der Waals surface area contributed by atoms with Crippen LogP contribution in [0.1, 0.15) is 0 Å². The Balaban J connectivity index is 2.60. The van der Waals surface area contributed by atoms with Crippen LogP contribution in [-0.2, 0) is 0 Å². The number of pyridine rings is 1. The molecule has 0 saturated heterocycles. The summed E-state index contributed by atoms with van der Waals surface area (Å²) in [7, 11) is 0. The summed E-state index contributed by atoms with van der Waals surface area (Å²) < 4.78 is 0.373. The summed E-state index contributed by atoms with van der Waals surface area (Å²) in [5.74, 6) is 0.355. The third-order valence-electron chi connectivity index (χ3n) is 1.74. The van der Waals surface area contributed by atoms with Gasteiger partial charge >= 0.3 is 0 Å². The molecule has 0 bridgehead atoms. The second-order valence-electron chi connectivity index (χ2n) is 2.74. The molecule has 0 aliphatic carbocycles. The Kier molecular flexibility index (Phi) is 2.83. The minimum Gasteiger partial charge on any atom is -0.304 e. The molecule has 0 aliphatic rings. The molecule has 0 radical (unpaired) electrons. The fraction of sp³-hybridized carbons (Fsp3) is 0. The van der Waals surface area contributed by atoms with E-state index in [1.165, 1.54) is 6.20 Å². The van der Waals surface area contributed by atoms with Gasteiger partial charge in [0.05, 0.1) is 5.02 Å². The van der Waals surface area contributed by atoms with Crippen LogP contribution in [0.4, 0.5) is 0 Å². The number of rotatable bonds is 1. The van der Waals surface area contributed by atoms with Gasteiger partial charge < -0.3 is 4.98 Å². The fourth-order valence-electron chi connectivity index (χ4n) is 1.06. The summed E-state index contributed by atoms with van der Waals surface area (Å²) in [6.45, 7) is 0. The number of H-pyrrole nitrogens is 1. The molecular formula is C9H5BrClN3O. The van der Waals surface area contributed by atoms with Gasteiger partial charge in [-0.2, -0.15) is 0 Å². The van der Waals surface area contributed by atoms with Gasteiger partial charge in [-0.05, 0) is 28.1 Å². The number of aromatic amines is 1. The molecule has 2 heterocycles. The van der Waals surface area contributed by atoms with Gasteiger partial charge in [-0.25, -0.2) is 4.98 Å². The summed E-state index contributed by atoms with van der Waals surface area (Å²) in [6.07, 6.45) is 3.00. The first kappa shape index (κ1) is 10.3. The summed E-state index contributed by atoms with van der Waals surface area (Å²) in [5.41, 5.74) is 0.200. The normalized spacial score (nSPS) is 10.3. The first-order chi connectivity index (χ1) is 7.18. The fourth-order valence-corrected chi connectivity index (χ4v) is 1.47. The molecule has 2 rings (SSSR count). The van der Waals surface area contributed by atoms with E-state index in [0.717, 1.165) is 0 Å². The van der Waals surface area contributed by atoms with E-state index in [-0.39, 0.29) is 5.56 Å². The Morgan fingerprint density at radius 1 is 1.40 bits per heavy atom.